The molecule has 4 heterocycles. The maximum absolute atomic E-state index is 14.6. The van der Waals surface area contributed by atoms with Crippen molar-refractivity contribution >= 4 is 23.5 Å². The largest absolute Gasteiger partial charge is 0.458 e. The second-order valence-corrected chi connectivity index (χ2v) is 12.9. The van der Waals surface area contributed by atoms with Crippen LogP contribution in [0.3, 0.4) is 0 Å². The van der Waals surface area contributed by atoms with E-state index in [4.69, 9.17) is 14.2 Å². The molecule has 11 atom stereocenters. The van der Waals surface area contributed by atoms with E-state index >= 15 is 0 Å². The van der Waals surface area contributed by atoms with E-state index in [1.54, 1.807) is 19.9 Å². The minimum atomic E-state index is -2.39. The molecule has 1 spiro atoms. The molecule has 198 valence electrons. The van der Waals surface area contributed by atoms with E-state index in [0.717, 1.165) is 5.57 Å². The normalized spacial score (nSPS) is 57.4. The summed E-state index contributed by atoms with van der Waals surface area (Å²) in [6.07, 6.45) is 5.49. The van der Waals surface area contributed by atoms with Crippen LogP contribution in [-0.4, -0.2) is 62.4 Å². The van der Waals surface area contributed by atoms with Crippen molar-refractivity contribution in [3.8, 4) is 0 Å². The van der Waals surface area contributed by atoms with Crippen LogP contribution in [0.1, 0.15) is 59.8 Å². The first-order chi connectivity index (χ1) is 17.2. The topological polar surface area (TPSA) is 136 Å². The Hall–Kier alpha value is -2.36. The molecule has 5 fully saturated rings. The first kappa shape index (κ1) is 23.7. The molecule has 0 amide bonds. The molecule has 0 aromatic rings. The molecule has 3 unspecified atom stereocenters. The van der Waals surface area contributed by atoms with Crippen molar-refractivity contribution in [2.75, 3.05) is 0 Å². The summed E-state index contributed by atoms with van der Waals surface area (Å²) in [4.78, 5) is 54.5. The Bertz CT molecular complexity index is 1270. The summed E-state index contributed by atoms with van der Waals surface area (Å²) in [5.74, 6) is -7.97. The summed E-state index contributed by atoms with van der Waals surface area (Å²) in [5.41, 5.74) is -7.09. The van der Waals surface area contributed by atoms with Crippen LogP contribution in [0.4, 0.5) is 0 Å². The Balaban J connectivity index is 1.50. The monoisotopic (exact) mass is 512 g/mol. The number of allylic oxidation sites excluding steroid dienone is 4. The van der Waals surface area contributed by atoms with Gasteiger partial charge in [-0.15, -0.1) is 0 Å². The molecule has 7 aliphatic rings. The predicted octanol–water partition coefficient (Wildman–Crippen LogP) is 1.54. The number of aliphatic hydroxyl groups is 2. The highest BCUT2D eigenvalue weighted by Gasteiger charge is 2.91. The summed E-state index contributed by atoms with van der Waals surface area (Å²) < 4.78 is 18.1. The number of hydrogen-bond donors (Lipinski definition) is 2. The van der Waals surface area contributed by atoms with Gasteiger partial charge in [0.2, 0.25) is 5.79 Å². The Morgan fingerprint density at radius 1 is 1.05 bits per heavy atom. The summed E-state index contributed by atoms with van der Waals surface area (Å²) in [6, 6.07) is 0. The van der Waals surface area contributed by atoms with Crippen molar-refractivity contribution in [2.45, 2.75) is 88.5 Å². The third kappa shape index (κ3) is 2.17. The number of ketones is 2. The van der Waals surface area contributed by atoms with Gasteiger partial charge in [-0.25, -0.2) is 4.79 Å². The smallest absolute Gasteiger partial charge is 0.342 e. The van der Waals surface area contributed by atoms with Gasteiger partial charge >= 0.3 is 11.9 Å². The molecule has 0 aromatic carbocycles. The van der Waals surface area contributed by atoms with Gasteiger partial charge in [-0.05, 0) is 63.4 Å². The van der Waals surface area contributed by atoms with Crippen LogP contribution in [0.15, 0.2) is 23.8 Å². The van der Waals surface area contributed by atoms with E-state index in [1.165, 1.54) is 13.0 Å². The van der Waals surface area contributed by atoms with Gasteiger partial charge in [0, 0.05) is 5.92 Å². The van der Waals surface area contributed by atoms with Gasteiger partial charge in [0.25, 0.3) is 0 Å². The molecule has 4 aliphatic heterocycles. The van der Waals surface area contributed by atoms with Crippen LogP contribution < -0.4 is 0 Å². The van der Waals surface area contributed by atoms with Gasteiger partial charge in [0.05, 0.1) is 17.3 Å². The Morgan fingerprint density at radius 3 is 2.51 bits per heavy atom. The number of ether oxygens (including phenoxy) is 3. The molecular weight excluding hydrogens is 480 g/mol. The van der Waals surface area contributed by atoms with Crippen LogP contribution in [0.2, 0.25) is 0 Å². The molecule has 0 aromatic heterocycles. The predicted molar refractivity (Wildman–Crippen MR) is 124 cm³/mol. The van der Waals surface area contributed by atoms with Crippen LogP contribution in [-0.2, 0) is 33.4 Å². The zero-order valence-corrected chi connectivity index (χ0v) is 21.4. The molecular formula is C28H32O9. The fourth-order valence-electron chi connectivity index (χ4n) is 9.47. The Labute approximate surface area is 214 Å². The average Bonchev–Trinajstić information content (AvgIpc) is 3.19. The van der Waals surface area contributed by atoms with Crippen LogP contribution in [0.5, 0.6) is 0 Å². The average molecular weight is 513 g/mol. The fourth-order valence-corrected chi connectivity index (χ4v) is 9.47. The van der Waals surface area contributed by atoms with E-state index in [2.05, 4.69) is 0 Å². The third-order valence-electron chi connectivity index (χ3n) is 11.8. The Kier molecular flexibility index (Phi) is 4.13. The molecule has 7 rings (SSSR count). The van der Waals surface area contributed by atoms with Crippen molar-refractivity contribution in [1.29, 1.82) is 0 Å². The lowest BCUT2D eigenvalue weighted by Gasteiger charge is -2.61. The van der Waals surface area contributed by atoms with Crippen molar-refractivity contribution in [1.82, 2.24) is 0 Å². The lowest BCUT2D eigenvalue weighted by atomic mass is 9.46. The molecule has 2 N–H and O–H groups in total. The van der Waals surface area contributed by atoms with Crippen molar-refractivity contribution in [3.05, 3.63) is 23.8 Å². The summed E-state index contributed by atoms with van der Waals surface area (Å²) in [7, 11) is 0. The van der Waals surface area contributed by atoms with Crippen molar-refractivity contribution in [2.24, 2.45) is 34.5 Å². The second-order valence-electron chi connectivity index (χ2n) is 12.9. The van der Waals surface area contributed by atoms with Crippen LogP contribution >= 0.6 is 0 Å². The maximum atomic E-state index is 14.6. The van der Waals surface area contributed by atoms with Gasteiger partial charge in [0.1, 0.15) is 6.10 Å². The third-order valence-corrected chi connectivity index (χ3v) is 11.8. The second kappa shape index (κ2) is 6.43. The summed E-state index contributed by atoms with van der Waals surface area (Å²) >= 11 is 0. The van der Waals surface area contributed by atoms with E-state index < -0.39 is 80.9 Å². The first-order valence-corrected chi connectivity index (χ1v) is 13.3. The molecule has 4 bridgehead atoms. The fraction of sp³-hybridized carbons (Fsp3) is 0.714. The zero-order chi connectivity index (χ0) is 26.6. The SMILES string of the molecule is C[C@H]1C(=O)O[C@@H]2C[C@@]1(C)C1C(=O)[C@]3(O)O[C@@]14[C@@](O)(CCC1C3CC=C3CC=CC(=O)[C@@]31C)C(=O)O[C@@]24C. The standard InChI is InChI=1S/C28H32O9/c1-13-21(31)35-18-12-23(13,2)19-20(30)27(34)16-9-8-14-6-5-7-17(29)24(14,3)15(16)10-11-26(33)22(32)36-25(18,4)28(19,26)37-27/h5,7-8,13,15-16,18-19,33-34H,6,9-12H2,1-4H3/t13-,15?,16?,18+,19?,23+,24-,25-,26+,27+,28-/m0/s1. The van der Waals surface area contributed by atoms with E-state index in [1.807, 2.05) is 13.0 Å². The lowest BCUT2D eigenvalue weighted by molar-refractivity contribution is -0.346. The van der Waals surface area contributed by atoms with Crippen LogP contribution in [0.25, 0.3) is 0 Å². The molecule has 0 radical (unpaired) electrons. The minimum Gasteiger partial charge on any atom is -0.458 e. The lowest BCUT2D eigenvalue weighted by Crippen LogP contribution is -2.78. The van der Waals surface area contributed by atoms with Gasteiger partial charge in [-0.2, -0.15) is 0 Å². The van der Waals surface area contributed by atoms with Gasteiger partial charge in [0.15, 0.2) is 28.4 Å². The highest BCUT2D eigenvalue weighted by Crippen LogP contribution is 2.73. The van der Waals surface area contributed by atoms with Gasteiger partial charge in [-0.3, -0.25) is 14.4 Å². The molecule has 4 saturated heterocycles. The summed E-state index contributed by atoms with van der Waals surface area (Å²) in [5, 5.41) is 24.6. The van der Waals surface area contributed by atoms with Crippen LogP contribution in [0, 0.1) is 34.5 Å². The molecule has 9 heteroatoms. The Morgan fingerprint density at radius 2 is 1.78 bits per heavy atom. The molecule has 9 nitrogen and oxygen atoms in total. The highest BCUT2D eigenvalue weighted by molar-refractivity contribution is 6.00. The number of Topliss-reactive ketones (excluding diaryl/α,β-unsaturated/α-hetero) is 1. The van der Waals surface area contributed by atoms with E-state index in [9.17, 15) is 29.4 Å². The van der Waals surface area contributed by atoms with Crippen molar-refractivity contribution in [3.63, 3.8) is 0 Å². The number of hydrogen-bond acceptors (Lipinski definition) is 9. The van der Waals surface area contributed by atoms with E-state index in [0.29, 0.717) is 12.8 Å². The molecule has 37 heavy (non-hydrogen) atoms. The molecule has 3 aliphatic carbocycles. The number of carbonyl (C=O) groups excluding carboxylic acids is 4. The van der Waals surface area contributed by atoms with Gasteiger partial charge < -0.3 is 24.4 Å². The minimum absolute atomic E-state index is 0.118. The highest BCUT2D eigenvalue weighted by atomic mass is 16.7. The maximum Gasteiger partial charge on any atom is 0.342 e. The first-order valence-electron chi connectivity index (χ1n) is 13.3. The number of carbonyl (C=O) groups is 4. The zero-order valence-electron chi connectivity index (χ0n) is 21.4. The number of esters is 2. The number of fused-ring (bicyclic) bond motifs is 9. The van der Waals surface area contributed by atoms with Gasteiger partial charge in [-0.1, -0.05) is 31.6 Å². The quantitative estimate of drug-likeness (QED) is 0.366. The van der Waals surface area contributed by atoms with Crippen molar-refractivity contribution < 1.29 is 43.6 Å². The summed E-state index contributed by atoms with van der Waals surface area (Å²) in [6.45, 7) is 6.80. The number of rotatable bonds is 0. The van der Waals surface area contributed by atoms with E-state index in [-0.39, 0.29) is 25.0 Å². The molecule has 1 saturated carbocycles.